The second kappa shape index (κ2) is 15.9. The summed E-state index contributed by atoms with van der Waals surface area (Å²) in [5.74, 6) is 0.0753. The molecule has 0 bridgehead atoms. The average Bonchev–Trinajstić information content (AvgIpc) is 3.06. The van der Waals surface area contributed by atoms with E-state index in [-0.39, 0.29) is 11.6 Å². The standard InChI is InChI=1S/C35H34ClN3O6S/c1-21-11-12-25(36)19-28(21)38-33(40)22(2)46-27-15-13-26(14-16-27)37-35(42)29(39-34(41)23-9-7-6-8-10-23)17-24-18-31(44-4)32(45-5)20-30(24)43-3/h6-20,22H,1-5H3,(H,37,42)(H,38,40)(H,39,41)/b29-17-. The first-order valence-electron chi connectivity index (χ1n) is 14.1. The summed E-state index contributed by atoms with van der Waals surface area (Å²) < 4.78 is 16.3. The molecule has 0 aliphatic rings. The van der Waals surface area contributed by atoms with Crippen LogP contribution in [0.1, 0.15) is 28.4 Å². The van der Waals surface area contributed by atoms with Crippen molar-refractivity contribution in [3.05, 3.63) is 112 Å². The molecule has 0 saturated heterocycles. The van der Waals surface area contributed by atoms with E-state index in [1.807, 2.05) is 19.9 Å². The first-order valence-corrected chi connectivity index (χ1v) is 15.4. The van der Waals surface area contributed by atoms with E-state index >= 15 is 0 Å². The van der Waals surface area contributed by atoms with Crippen LogP contribution in [0.25, 0.3) is 6.08 Å². The lowest BCUT2D eigenvalue weighted by Gasteiger charge is -2.15. The summed E-state index contributed by atoms with van der Waals surface area (Å²) in [6.45, 7) is 3.71. The molecule has 0 aliphatic carbocycles. The number of nitrogens with one attached hydrogen (secondary N) is 3. The molecule has 1 atom stereocenters. The summed E-state index contributed by atoms with van der Waals surface area (Å²) in [4.78, 5) is 40.3. The number of thioether (sulfide) groups is 1. The molecule has 0 heterocycles. The van der Waals surface area contributed by atoms with Gasteiger partial charge in [0.2, 0.25) is 5.91 Å². The van der Waals surface area contributed by atoms with Gasteiger partial charge >= 0.3 is 0 Å². The van der Waals surface area contributed by atoms with Crippen molar-refractivity contribution in [3.8, 4) is 17.2 Å². The lowest BCUT2D eigenvalue weighted by atomic mass is 10.1. The Balaban J connectivity index is 1.53. The number of hydrogen-bond donors (Lipinski definition) is 3. The highest BCUT2D eigenvalue weighted by atomic mass is 35.5. The fraction of sp³-hybridized carbons (Fsp3) is 0.171. The van der Waals surface area contributed by atoms with Crippen LogP contribution >= 0.6 is 23.4 Å². The summed E-state index contributed by atoms with van der Waals surface area (Å²) in [5, 5.41) is 8.62. The lowest BCUT2D eigenvalue weighted by Crippen LogP contribution is -2.30. The van der Waals surface area contributed by atoms with Gasteiger partial charge in [0.05, 0.1) is 26.6 Å². The van der Waals surface area contributed by atoms with Crippen LogP contribution in [0, 0.1) is 6.92 Å². The first kappa shape index (κ1) is 34.0. The van der Waals surface area contributed by atoms with Gasteiger partial charge in [-0.2, -0.15) is 0 Å². The molecular weight excluding hydrogens is 626 g/mol. The minimum Gasteiger partial charge on any atom is -0.496 e. The monoisotopic (exact) mass is 659 g/mol. The number of carbonyl (C=O) groups is 3. The van der Waals surface area contributed by atoms with Crippen molar-refractivity contribution >= 4 is 58.5 Å². The van der Waals surface area contributed by atoms with Crippen LogP contribution in [-0.4, -0.2) is 44.3 Å². The van der Waals surface area contributed by atoms with E-state index in [4.69, 9.17) is 25.8 Å². The topological polar surface area (TPSA) is 115 Å². The van der Waals surface area contributed by atoms with Crippen molar-refractivity contribution in [3.63, 3.8) is 0 Å². The maximum Gasteiger partial charge on any atom is 0.272 e. The van der Waals surface area contributed by atoms with E-state index in [9.17, 15) is 14.4 Å². The molecule has 0 fully saturated rings. The van der Waals surface area contributed by atoms with E-state index in [0.29, 0.717) is 44.8 Å². The molecule has 46 heavy (non-hydrogen) atoms. The molecular formula is C35H34ClN3O6S. The zero-order valence-electron chi connectivity index (χ0n) is 26.0. The summed E-state index contributed by atoms with van der Waals surface area (Å²) in [7, 11) is 4.49. The molecule has 4 rings (SSSR count). The molecule has 0 aromatic heterocycles. The summed E-state index contributed by atoms with van der Waals surface area (Å²) in [6.07, 6.45) is 1.50. The van der Waals surface area contributed by atoms with Crippen molar-refractivity contribution in [2.75, 3.05) is 32.0 Å². The van der Waals surface area contributed by atoms with E-state index in [2.05, 4.69) is 16.0 Å². The van der Waals surface area contributed by atoms with Gasteiger partial charge in [0.15, 0.2) is 11.5 Å². The highest BCUT2D eigenvalue weighted by Gasteiger charge is 2.19. The third-order valence-corrected chi connectivity index (χ3v) is 8.16. The van der Waals surface area contributed by atoms with E-state index < -0.39 is 17.1 Å². The van der Waals surface area contributed by atoms with Crippen LogP contribution in [0.5, 0.6) is 17.2 Å². The molecule has 238 valence electrons. The van der Waals surface area contributed by atoms with Crippen molar-refractivity contribution in [2.45, 2.75) is 24.0 Å². The molecule has 0 radical (unpaired) electrons. The van der Waals surface area contributed by atoms with Gasteiger partial charge in [0.25, 0.3) is 11.8 Å². The second-order valence-corrected chi connectivity index (χ2v) is 11.9. The Morgan fingerprint density at radius 1 is 0.804 bits per heavy atom. The van der Waals surface area contributed by atoms with Crippen LogP contribution in [0.2, 0.25) is 5.02 Å². The third kappa shape index (κ3) is 8.83. The molecule has 4 aromatic carbocycles. The van der Waals surface area contributed by atoms with Gasteiger partial charge < -0.3 is 30.2 Å². The zero-order chi connectivity index (χ0) is 33.2. The van der Waals surface area contributed by atoms with Crippen molar-refractivity contribution in [2.24, 2.45) is 0 Å². The molecule has 11 heteroatoms. The zero-order valence-corrected chi connectivity index (χ0v) is 27.5. The number of rotatable bonds is 12. The summed E-state index contributed by atoms with van der Waals surface area (Å²) in [6, 6.07) is 24.2. The fourth-order valence-corrected chi connectivity index (χ4v) is 5.34. The number of methoxy groups -OCH3 is 3. The Morgan fingerprint density at radius 2 is 1.46 bits per heavy atom. The minimum absolute atomic E-state index is 0.0283. The largest absolute Gasteiger partial charge is 0.496 e. The predicted molar refractivity (Wildman–Crippen MR) is 183 cm³/mol. The number of halogens is 1. The van der Waals surface area contributed by atoms with Gasteiger partial charge in [-0.15, -0.1) is 11.8 Å². The highest BCUT2D eigenvalue weighted by Crippen LogP contribution is 2.36. The Morgan fingerprint density at radius 3 is 2.11 bits per heavy atom. The Hall–Kier alpha value is -4.93. The highest BCUT2D eigenvalue weighted by molar-refractivity contribution is 8.00. The number of anilines is 2. The molecule has 0 aliphatic heterocycles. The van der Waals surface area contributed by atoms with Crippen LogP contribution in [0.15, 0.2) is 95.5 Å². The van der Waals surface area contributed by atoms with Gasteiger partial charge in [0, 0.05) is 38.5 Å². The molecule has 3 N–H and O–H groups in total. The van der Waals surface area contributed by atoms with E-state index in [0.717, 1.165) is 10.5 Å². The fourth-order valence-electron chi connectivity index (χ4n) is 4.30. The van der Waals surface area contributed by atoms with E-state index in [1.165, 1.54) is 39.2 Å². The SMILES string of the molecule is COc1cc(OC)c(OC)cc1/C=C(\NC(=O)c1ccccc1)C(=O)Nc1ccc(SC(C)C(=O)Nc2cc(Cl)ccc2C)cc1. The minimum atomic E-state index is -0.564. The summed E-state index contributed by atoms with van der Waals surface area (Å²) >= 11 is 7.46. The van der Waals surface area contributed by atoms with Gasteiger partial charge in [-0.25, -0.2) is 0 Å². The Bertz CT molecular complexity index is 1750. The maximum absolute atomic E-state index is 13.6. The van der Waals surface area contributed by atoms with Crippen molar-refractivity contribution in [1.82, 2.24) is 5.32 Å². The predicted octanol–water partition coefficient (Wildman–Crippen LogP) is 7.20. The number of aryl methyl sites for hydroxylation is 1. The van der Waals surface area contributed by atoms with Crippen LogP contribution in [0.3, 0.4) is 0 Å². The molecule has 3 amide bonds. The quantitative estimate of drug-likeness (QED) is 0.109. The van der Waals surface area contributed by atoms with Crippen molar-refractivity contribution in [1.29, 1.82) is 0 Å². The number of benzene rings is 4. The molecule has 9 nitrogen and oxygen atoms in total. The molecule has 0 spiro atoms. The molecule has 1 unspecified atom stereocenters. The van der Waals surface area contributed by atoms with Gasteiger partial charge in [-0.05, 0) is 80.1 Å². The Kier molecular flexibility index (Phi) is 11.7. The van der Waals surface area contributed by atoms with Crippen molar-refractivity contribution < 1.29 is 28.6 Å². The first-order chi connectivity index (χ1) is 22.1. The van der Waals surface area contributed by atoms with Gasteiger partial charge in [0.1, 0.15) is 11.4 Å². The second-order valence-electron chi connectivity index (χ2n) is 10.0. The van der Waals surface area contributed by atoms with Crippen LogP contribution < -0.4 is 30.2 Å². The van der Waals surface area contributed by atoms with Gasteiger partial charge in [-0.1, -0.05) is 35.9 Å². The average molecular weight is 660 g/mol. The number of ether oxygens (including phenoxy) is 3. The van der Waals surface area contributed by atoms with Crippen LogP contribution in [0.4, 0.5) is 11.4 Å². The number of hydrogen-bond acceptors (Lipinski definition) is 7. The molecule has 0 saturated carbocycles. The Labute approximate surface area is 277 Å². The summed E-state index contributed by atoms with van der Waals surface area (Å²) in [5.41, 5.74) is 2.89. The maximum atomic E-state index is 13.6. The third-order valence-electron chi connectivity index (χ3n) is 6.82. The van der Waals surface area contributed by atoms with E-state index in [1.54, 1.807) is 78.9 Å². The number of amides is 3. The van der Waals surface area contributed by atoms with Crippen LogP contribution in [-0.2, 0) is 9.59 Å². The van der Waals surface area contributed by atoms with Gasteiger partial charge in [-0.3, -0.25) is 14.4 Å². The smallest absolute Gasteiger partial charge is 0.272 e. The molecule has 4 aromatic rings. The normalized spacial score (nSPS) is 11.7. The number of carbonyl (C=O) groups excluding carboxylic acids is 3. The lowest BCUT2D eigenvalue weighted by molar-refractivity contribution is -0.115.